The minimum absolute atomic E-state index is 0.713. The molecule has 0 saturated heterocycles. The van der Waals surface area contributed by atoms with Gasteiger partial charge in [0.2, 0.25) is 5.13 Å². The molecule has 2 heterocycles. The van der Waals surface area contributed by atoms with Crippen LogP contribution in [0.3, 0.4) is 0 Å². The monoisotopic (exact) mass is 430 g/mol. The van der Waals surface area contributed by atoms with Crippen molar-refractivity contribution < 1.29 is 0 Å². The normalized spacial score (nSPS) is 11.7. The van der Waals surface area contributed by atoms with Crippen LogP contribution in [0.5, 0.6) is 0 Å². The summed E-state index contributed by atoms with van der Waals surface area (Å²) >= 11 is 8.01. The predicted octanol–water partition coefficient (Wildman–Crippen LogP) is 6.71. The standard InChI is InChI=1S/C24H19ClN4S/c1-16-19(14-26-28-24-27-21-11-5-7-13-23(21)30-24)18-9-3-6-12-22(18)29(16)15-17-8-2-4-10-20(17)25/h2-14H,15H2,1H3,(H,27,28)/b26-14+. The first-order valence-electron chi connectivity index (χ1n) is 9.66. The highest BCUT2D eigenvalue weighted by molar-refractivity contribution is 7.22. The van der Waals surface area contributed by atoms with Crippen molar-refractivity contribution in [2.45, 2.75) is 13.5 Å². The van der Waals surface area contributed by atoms with Crippen molar-refractivity contribution in [3.8, 4) is 0 Å². The highest BCUT2D eigenvalue weighted by Gasteiger charge is 2.13. The van der Waals surface area contributed by atoms with Crippen molar-refractivity contribution in [3.63, 3.8) is 0 Å². The number of nitrogens with zero attached hydrogens (tertiary/aromatic N) is 3. The molecule has 0 unspecified atom stereocenters. The fourth-order valence-electron chi connectivity index (χ4n) is 3.69. The topological polar surface area (TPSA) is 42.2 Å². The maximum atomic E-state index is 6.41. The number of aromatic nitrogens is 2. The molecule has 0 aliphatic heterocycles. The number of rotatable bonds is 5. The zero-order valence-corrected chi connectivity index (χ0v) is 17.9. The molecule has 0 saturated carbocycles. The zero-order valence-electron chi connectivity index (χ0n) is 16.3. The minimum atomic E-state index is 0.713. The molecule has 0 aliphatic carbocycles. The molecule has 4 nitrogen and oxygen atoms in total. The number of anilines is 1. The van der Waals surface area contributed by atoms with Crippen LogP contribution >= 0.6 is 22.9 Å². The molecule has 0 amide bonds. The Balaban J connectivity index is 1.49. The Morgan fingerprint density at radius 2 is 1.80 bits per heavy atom. The van der Waals surface area contributed by atoms with E-state index in [1.807, 2.05) is 42.6 Å². The van der Waals surface area contributed by atoms with Crippen molar-refractivity contribution in [3.05, 3.63) is 94.6 Å². The van der Waals surface area contributed by atoms with Gasteiger partial charge in [0.05, 0.1) is 16.4 Å². The fourth-order valence-corrected chi connectivity index (χ4v) is 4.70. The summed E-state index contributed by atoms with van der Waals surface area (Å²) in [7, 11) is 0. The van der Waals surface area contributed by atoms with E-state index in [2.05, 4.69) is 63.4 Å². The van der Waals surface area contributed by atoms with Gasteiger partial charge in [0.25, 0.3) is 0 Å². The first kappa shape index (κ1) is 18.9. The molecular formula is C24H19ClN4S. The first-order chi connectivity index (χ1) is 14.7. The Morgan fingerprint density at radius 3 is 2.67 bits per heavy atom. The van der Waals surface area contributed by atoms with Gasteiger partial charge in [-0.3, -0.25) is 5.43 Å². The van der Waals surface area contributed by atoms with Gasteiger partial charge < -0.3 is 4.57 Å². The Labute approximate surface area is 183 Å². The minimum Gasteiger partial charge on any atom is -0.340 e. The second kappa shape index (κ2) is 7.94. The van der Waals surface area contributed by atoms with E-state index in [0.29, 0.717) is 6.54 Å². The largest absolute Gasteiger partial charge is 0.340 e. The molecule has 0 fully saturated rings. The van der Waals surface area contributed by atoms with Crippen molar-refractivity contribution in [1.29, 1.82) is 0 Å². The van der Waals surface area contributed by atoms with Gasteiger partial charge in [-0.05, 0) is 36.8 Å². The van der Waals surface area contributed by atoms with E-state index in [0.717, 1.165) is 48.1 Å². The Morgan fingerprint density at radius 1 is 1.03 bits per heavy atom. The van der Waals surface area contributed by atoms with Gasteiger partial charge in [0, 0.05) is 33.7 Å². The van der Waals surface area contributed by atoms with Gasteiger partial charge in [-0.2, -0.15) is 5.10 Å². The van der Waals surface area contributed by atoms with Gasteiger partial charge in [-0.25, -0.2) is 4.98 Å². The second-order valence-electron chi connectivity index (χ2n) is 7.05. The molecule has 5 aromatic rings. The fraction of sp³-hybridized carbons (Fsp3) is 0.0833. The highest BCUT2D eigenvalue weighted by Crippen LogP contribution is 2.28. The summed E-state index contributed by atoms with van der Waals surface area (Å²) < 4.78 is 3.43. The lowest BCUT2D eigenvalue weighted by Gasteiger charge is -2.10. The molecule has 1 N–H and O–H groups in total. The van der Waals surface area contributed by atoms with Gasteiger partial charge in [-0.15, -0.1) is 0 Å². The van der Waals surface area contributed by atoms with Gasteiger partial charge in [-0.1, -0.05) is 71.5 Å². The third-order valence-corrected chi connectivity index (χ3v) is 6.52. The molecule has 0 spiro atoms. The van der Waals surface area contributed by atoms with Crippen LogP contribution in [0.25, 0.3) is 21.1 Å². The summed E-state index contributed by atoms with van der Waals surface area (Å²) in [6, 6.07) is 24.4. The van der Waals surface area contributed by atoms with Crippen molar-refractivity contribution in [2.24, 2.45) is 5.10 Å². The van der Waals surface area contributed by atoms with E-state index < -0.39 is 0 Å². The summed E-state index contributed by atoms with van der Waals surface area (Å²) in [4.78, 5) is 4.57. The van der Waals surface area contributed by atoms with E-state index in [1.165, 1.54) is 0 Å². The summed E-state index contributed by atoms with van der Waals surface area (Å²) in [6.45, 7) is 2.83. The molecule has 5 rings (SSSR count). The number of fused-ring (bicyclic) bond motifs is 2. The third-order valence-electron chi connectivity index (χ3n) is 5.21. The van der Waals surface area contributed by atoms with Crippen LogP contribution < -0.4 is 5.43 Å². The van der Waals surface area contributed by atoms with Crippen LogP contribution in [0.4, 0.5) is 5.13 Å². The van der Waals surface area contributed by atoms with Crippen molar-refractivity contribution in [2.75, 3.05) is 5.43 Å². The Hall–Kier alpha value is -3.15. The SMILES string of the molecule is Cc1c(/C=N/Nc2nc3ccccc3s2)c2ccccc2n1Cc1ccccc1Cl. The molecular weight excluding hydrogens is 412 g/mol. The average Bonchev–Trinajstić information content (AvgIpc) is 3.29. The van der Waals surface area contributed by atoms with Gasteiger partial charge in [0.15, 0.2) is 0 Å². The van der Waals surface area contributed by atoms with Gasteiger partial charge >= 0.3 is 0 Å². The second-order valence-corrected chi connectivity index (χ2v) is 8.49. The number of thiazole rings is 1. The molecule has 0 atom stereocenters. The number of para-hydroxylation sites is 2. The summed E-state index contributed by atoms with van der Waals surface area (Å²) in [6.07, 6.45) is 1.88. The third kappa shape index (κ3) is 3.47. The van der Waals surface area contributed by atoms with Gasteiger partial charge in [0.1, 0.15) is 0 Å². The molecule has 6 heteroatoms. The number of hydrogen-bond donors (Lipinski definition) is 1. The molecule has 30 heavy (non-hydrogen) atoms. The molecule has 0 radical (unpaired) electrons. The van der Waals surface area contributed by atoms with Crippen molar-refractivity contribution >= 4 is 55.4 Å². The van der Waals surface area contributed by atoms with Crippen LogP contribution in [-0.4, -0.2) is 15.8 Å². The van der Waals surface area contributed by atoms with Crippen LogP contribution in [0.2, 0.25) is 5.02 Å². The molecule has 3 aromatic carbocycles. The lowest BCUT2D eigenvalue weighted by Crippen LogP contribution is -2.03. The summed E-state index contributed by atoms with van der Waals surface area (Å²) in [5.74, 6) is 0. The van der Waals surface area contributed by atoms with E-state index in [9.17, 15) is 0 Å². The number of halogens is 1. The smallest absolute Gasteiger partial charge is 0.204 e. The highest BCUT2D eigenvalue weighted by atomic mass is 35.5. The maximum absolute atomic E-state index is 6.41. The molecule has 0 bridgehead atoms. The van der Waals surface area contributed by atoms with Crippen LogP contribution in [0.1, 0.15) is 16.8 Å². The van der Waals surface area contributed by atoms with E-state index in [1.54, 1.807) is 11.3 Å². The molecule has 2 aromatic heterocycles. The van der Waals surface area contributed by atoms with E-state index in [-0.39, 0.29) is 0 Å². The molecule has 148 valence electrons. The Kier molecular flexibility index (Phi) is 4.99. The van der Waals surface area contributed by atoms with Crippen LogP contribution in [0, 0.1) is 6.92 Å². The summed E-state index contributed by atoms with van der Waals surface area (Å²) in [5.41, 5.74) is 8.56. The van der Waals surface area contributed by atoms with Crippen LogP contribution in [0.15, 0.2) is 77.9 Å². The number of hydrogen-bond acceptors (Lipinski definition) is 4. The first-order valence-corrected chi connectivity index (χ1v) is 10.9. The van der Waals surface area contributed by atoms with Crippen LogP contribution in [-0.2, 0) is 6.54 Å². The maximum Gasteiger partial charge on any atom is 0.204 e. The quantitative estimate of drug-likeness (QED) is 0.249. The lowest BCUT2D eigenvalue weighted by molar-refractivity contribution is 0.804. The number of benzene rings is 3. The predicted molar refractivity (Wildman–Crippen MR) is 128 cm³/mol. The van der Waals surface area contributed by atoms with E-state index in [4.69, 9.17) is 11.6 Å². The van der Waals surface area contributed by atoms with Crippen molar-refractivity contribution in [1.82, 2.24) is 9.55 Å². The Bertz CT molecular complexity index is 1350. The number of nitrogens with one attached hydrogen (secondary N) is 1. The zero-order chi connectivity index (χ0) is 20.5. The summed E-state index contributed by atoms with van der Waals surface area (Å²) in [5, 5.41) is 7.22. The average molecular weight is 431 g/mol. The number of hydrazone groups is 1. The van der Waals surface area contributed by atoms with E-state index >= 15 is 0 Å². The lowest BCUT2D eigenvalue weighted by atomic mass is 10.1. The molecule has 0 aliphatic rings.